The van der Waals surface area contributed by atoms with Crippen LogP contribution in [0.15, 0.2) is 104 Å². The van der Waals surface area contributed by atoms with E-state index in [0.717, 1.165) is 16.7 Å². The van der Waals surface area contributed by atoms with Crippen LogP contribution in [0.4, 0.5) is 5.82 Å². The monoisotopic (exact) mass is 664 g/mol. The quantitative estimate of drug-likeness (QED) is 0.196. The number of hydrogen-bond donors (Lipinski definition) is 3. The molecule has 2 heterocycles. The highest BCUT2D eigenvalue weighted by Crippen LogP contribution is 2.37. The molecule has 5 rings (SSSR count). The van der Waals surface area contributed by atoms with Crippen molar-refractivity contribution in [3.63, 3.8) is 0 Å². The molecule has 2 atom stereocenters. The van der Waals surface area contributed by atoms with E-state index in [-0.39, 0.29) is 30.7 Å². The Balaban J connectivity index is 1.32. The average Bonchev–Trinajstić information content (AvgIpc) is 3.56. The largest absolute Gasteiger partial charge is 0.374 e. The molecule has 256 valence electrons. The molecule has 11 heteroatoms. The van der Waals surface area contributed by atoms with Gasteiger partial charge in [-0.15, -0.1) is 0 Å². The number of nitrogens with one attached hydrogen (secondary N) is 2. The van der Waals surface area contributed by atoms with Crippen molar-refractivity contribution >= 4 is 29.3 Å². The number of nitrogens with zero attached hydrogens (tertiary/aromatic N) is 3. The third kappa shape index (κ3) is 8.48. The summed E-state index contributed by atoms with van der Waals surface area (Å²) in [6, 6.07) is 26.8. The summed E-state index contributed by atoms with van der Waals surface area (Å²) >= 11 is 0. The summed E-state index contributed by atoms with van der Waals surface area (Å²) in [4.78, 5) is 59.6. The number of piperidine rings is 1. The SMILES string of the molecule is CC(=O)C1(c2ccccc2)CCN(C(=O)C(c2ccccc2)n2cnc(NC(=O)C(COCc3ccccc3)NC(=O)C(C)(C)N)c2)CC1. The molecular formula is C38H44N6O5. The number of imidazole rings is 1. The van der Waals surface area contributed by atoms with Gasteiger partial charge in [0.15, 0.2) is 5.82 Å². The maximum atomic E-state index is 14.2. The maximum absolute atomic E-state index is 14.2. The molecule has 1 fully saturated rings. The van der Waals surface area contributed by atoms with Gasteiger partial charge >= 0.3 is 0 Å². The number of benzene rings is 3. The van der Waals surface area contributed by atoms with Crippen LogP contribution in [0.25, 0.3) is 0 Å². The van der Waals surface area contributed by atoms with E-state index in [1.54, 1.807) is 36.4 Å². The molecule has 0 radical (unpaired) electrons. The summed E-state index contributed by atoms with van der Waals surface area (Å²) < 4.78 is 7.46. The molecule has 3 aromatic carbocycles. The number of rotatable bonds is 13. The van der Waals surface area contributed by atoms with Crippen LogP contribution in [0, 0.1) is 0 Å². The predicted molar refractivity (Wildman–Crippen MR) is 186 cm³/mol. The van der Waals surface area contributed by atoms with Gasteiger partial charge in [-0.25, -0.2) is 4.98 Å². The molecule has 0 bridgehead atoms. The maximum Gasteiger partial charge on any atom is 0.250 e. The third-order valence-electron chi connectivity index (χ3n) is 9.03. The molecule has 1 aliphatic heterocycles. The van der Waals surface area contributed by atoms with Gasteiger partial charge in [0.2, 0.25) is 11.8 Å². The van der Waals surface area contributed by atoms with Crippen molar-refractivity contribution in [2.45, 2.75) is 63.3 Å². The highest BCUT2D eigenvalue weighted by atomic mass is 16.5. The number of amides is 3. The van der Waals surface area contributed by atoms with Crippen molar-refractivity contribution in [3.05, 3.63) is 120 Å². The number of carbonyl (C=O) groups is 4. The Morgan fingerprint density at radius 1 is 0.918 bits per heavy atom. The van der Waals surface area contributed by atoms with E-state index in [9.17, 15) is 19.2 Å². The molecule has 1 saturated heterocycles. The van der Waals surface area contributed by atoms with Crippen LogP contribution in [0.5, 0.6) is 0 Å². The number of Topliss-reactive ketones (excluding diaryl/α,β-unsaturated/α-hetero) is 1. The van der Waals surface area contributed by atoms with Crippen molar-refractivity contribution in [2.75, 3.05) is 25.0 Å². The zero-order valence-electron chi connectivity index (χ0n) is 28.2. The number of anilines is 1. The molecule has 0 saturated carbocycles. The van der Waals surface area contributed by atoms with Gasteiger partial charge in [-0.3, -0.25) is 19.2 Å². The number of likely N-dealkylation sites (tertiary alicyclic amines) is 1. The van der Waals surface area contributed by atoms with E-state index >= 15 is 0 Å². The standard InChI is InChI=1S/C38H44N6O5/c1-27(45)38(30-17-11-6-12-18-30)19-21-43(22-20-38)35(47)33(29-15-9-5-10-16-29)44-23-32(40-26-44)42-34(46)31(41-36(48)37(2,3)39)25-49-24-28-13-7-4-8-14-28/h4-18,23,26,31,33H,19-22,24-25,39H2,1-3H3,(H,41,48)(H,42,46). The Morgan fingerprint density at radius 3 is 2.10 bits per heavy atom. The highest BCUT2D eigenvalue weighted by Gasteiger charge is 2.42. The lowest BCUT2D eigenvalue weighted by molar-refractivity contribution is -0.137. The first-order valence-electron chi connectivity index (χ1n) is 16.4. The first-order valence-corrected chi connectivity index (χ1v) is 16.4. The van der Waals surface area contributed by atoms with Gasteiger partial charge in [0.1, 0.15) is 17.9 Å². The Kier molecular flexibility index (Phi) is 11.1. The van der Waals surface area contributed by atoms with Gasteiger partial charge in [-0.05, 0) is 50.3 Å². The first-order chi connectivity index (χ1) is 23.5. The lowest BCUT2D eigenvalue weighted by Crippen LogP contribution is -2.56. The summed E-state index contributed by atoms with van der Waals surface area (Å²) in [5.41, 5.74) is 6.77. The van der Waals surface area contributed by atoms with Gasteiger partial charge in [0.05, 0.1) is 30.5 Å². The molecule has 2 unspecified atom stereocenters. The van der Waals surface area contributed by atoms with Crippen LogP contribution in [0.3, 0.4) is 0 Å². The van der Waals surface area contributed by atoms with Crippen LogP contribution < -0.4 is 16.4 Å². The number of hydrogen-bond acceptors (Lipinski definition) is 7. The van der Waals surface area contributed by atoms with Crippen molar-refractivity contribution in [1.29, 1.82) is 0 Å². The predicted octanol–water partition coefficient (Wildman–Crippen LogP) is 4.00. The van der Waals surface area contributed by atoms with Crippen LogP contribution in [0.2, 0.25) is 0 Å². The molecular weight excluding hydrogens is 620 g/mol. The summed E-state index contributed by atoms with van der Waals surface area (Å²) in [6.07, 6.45) is 4.13. The fourth-order valence-electron chi connectivity index (χ4n) is 6.11. The van der Waals surface area contributed by atoms with Gasteiger partial charge < -0.3 is 30.6 Å². The fourth-order valence-corrected chi connectivity index (χ4v) is 6.11. The van der Waals surface area contributed by atoms with Crippen molar-refractivity contribution in [3.8, 4) is 0 Å². The van der Waals surface area contributed by atoms with E-state index in [0.29, 0.717) is 25.9 Å². The Bertz CT molecular complexity index is 1730. The first kappa shape index (κ1) is 35.2. The van der Waals surface area contributed by atoms with E-state index < -0.39 is 34.9 Å². The fraction of sp³-hybridized carbons (Fsp3) is 0.342. The summed E-state index contributed by atoms with van der Waals surface area (Å²) in [5.74, 6) is -0.909. The summed E-state index contributed by atoms with van der Waals surface area (Å²) in [6.45, 7) is 5.70. The van der Waals surface area contributed by atoms with Gasteiger partial charge in [-0.2, -0.15) is 0 Å². The molecule has 1 aromatic heterocycles. The second-order valence-electron chi connectivity index (χ2n) is 13.1. The highest BCUT2D eigenvalue weighted by molar-refractivity contribution is 5.98. The molecule has 11 nitrogen and oxygen atoms in total. The number of carbonyl (C=O) groups excluding carboxylic acids is 4. The van der Waals surface area contributed by atoms with Crippen molar-refractivity contribution in [1.82, 2.24) is 19.8 Å². The minimum Gasteiger partial charge on any atom is -0.374 e. The topological polar surface area (TPSA) is 149 Å². The van der Waals surface area contributed by atoms with Crippen LogP contribution in [-0.2, 0) is 35.9 Å². The van der Waals surface area contributed by atoms with Crippen molar-refractivity contribution in [2.24, 2.45) is 5.73 Å². The normalized spacial score (nSPS) is 15.6. The average molecular weight is 665 g/mol. The molecule has 49 heavy (non-hydrogen) atoms. The molecule has 4 N–H and O–H groups in total. The van der Waals surface area contributed by atoms with E-state index in [1.807, 2.05) is 91.0 Å². The zero-order chi connectivity index (χ0) is 35.0. The van der Waals surface area contributed by atoms with Gasteiger partial charge in [-0.1, -0.05) is 91.0 Å². The second-order valence-corrected chi connectivity index (χ2v) is 13.1. The van der Waals surface area contributed by atoms with Crippen molar-refractivity contribution < 1.29 is 23.9 Å². The van der Waals surface area contributed by atoms with Gasteiger partial charge in [0.25, 0.3) is 5.91 Å². The Labute approximate surface area is 286 Å². The van der Waals surface area contributed by atoms with E-state index in [2.05, 4.69) is 15.6 Å². The number of ether oxygens (including phenoxy) is 1. The summed E-state index contributed by atoms with van der Waals surface area (Å²) in [7, 11) is 0. The Morgan fingerprint density at radius 2 is 1.51 bits per heavy atom. The van der Waals surface area contributed by atoms with Crippen LogP contribution in [0.1, 0.15) is 56.3 Å². The molecule has 0 aliphatic carbocycles. The molecule has 1 aliphatic rings. The van der Waals surface area contributed by atoms with E-state index in [1.165, 1.54) is 6.33 Å². The van der Waals surface area contributed by atoms with Crippen LogP contribution in [-0.4, -0.2) is 69.2 Å². The molecule has 0 spiro atoms. The smallest absolute Gasteiger partial charge is 0.250 e. The number of ketones is 1. The third-order valence-corrected chi connectivity index (χ3v) is 9.03. The molecule has 4 aromatic rings. The number of nitrogens with two attached hydrogens (primary N) is 1. The lowest BCUT2D eigenvalue weighted by atomic mass is 9.70. The van der Waals surface area contributed by atoms with Crippen LogP contribution >= 0.6 is 0 Å². The zero-order valence-corrected chi connectivity index (χ0v) is 28.2. The number of aromatic nitrogens is 2. The van der Waals surface area contributed by atoms with Gasteiger partial charge in [0, 0.05) is 19.3 Å². The van der Waals surface area contributed by atoms with E-state index in [4.69, 9.17) is 10.5 Å². The minimum absolute atomic E-state index is 0.0930. The Hall–Kier alpha value is -5.13. The summed E-state index contributed by atoms with van der Waals surface area (Å²) in [5, 5.41) is 5.45. The lowest BCUT2D eigenvalue weighted by Gasteiger charge is -2.41. The second kappa shape index (κ2) is 15.4. The molecule has 3 amide bonds. The minimum atomic E-state index is -1.22.